The standard InChI is InChI=1S/C25H36N2O2S/c1-17(14-22(28)27-13-10-18-8-11-26-12-9-18)30-19-15-20(24(2,3)4)23(29)21(16-19)25(5,6)7/h8-9,11-12,15-17,29H,10,13-14H2,1-7H3,(H,27,28). The largest absolute Gasteiger partial charge is 0.507 e. The normalized spacial score (nSPS) is 13.2. The molecule has 5 heteroatoms. The lowest BCUT2D eigenvalue weighted by Gasteiger charge is -2.28. The van der Waals surface area contributed by atoms with Crippen molar-refractivity contribution in [1.82, 2.24) is 10.3 Å². The topological polar surface area (TPSA) is 62.2 Å². The number of aromatic nitrogens is 1. The zero-order valence-corrected chi connectivity index (χ0v) is 20.2. The molecule has 2 aromatic rings. The zero-order chi connectivity index (χ0) is 22.5. The van der Waals surface area contributed by atoms with Gasteiger partial charge in [0.25, 0.3) is 0 Å². The number of amides is 1. The monoisotopic (exact) mass is 428 g/mol. The van der Waals surface area contributed by atoms with Crippen LogP contribution in [0.25, 0.3) is 0 Å². The molecule has 1 unspecified atom stereocenters. The van der Waals surface area contributed by atoms with Crippen molar-refractivity contribution in [2.75, 3.05) is 6.54 Å². The fraction of sp³-hybridized carbons (Fsp3) is 0.520. The van der Waals surface area contributed by atoms with Crippen molar-refractivity contribution in [3.63, 3.8) is 0 Å². The Morgan fingerprint density at radius 1 is 1.07 bits per heavy atom. The number of hydrogen-bond acceptors (Lipinski definition) is 4. The highest BCUT2D eigenvalue weighted by atomic mass is 32.2. The first kappa shape index (κ1) is 24.3. The van der Waals surface area contributed by atoms with Gasteiger partial charge in [0.15, 0.2) is 0 Å². The molecule has 1 atom stereocenters. The van der Waals surface area contributed by atoms with Gasteiger partial charge in [-0.15, -0.1) is 11.8 Å². The lowest BCUT2D eigenvalue weighted by Crippen LogP contribution is -2.27. The number of thioether (sulfide) groups is 1. The van der Waals surface area contributed by atoms with Crippen LogP contribution in [0.3, 0.4) is 0 Å². The number of phenols is 1. The number of pyridine rings is 1. The molecule has 0 aliphatic heterocycles. The van der Waals surface area contributed by atoms with E-state index in [-0.39, 0.29) is 22.0 Å². The molecule has 30 heavy (non-hydrogen) atoms. The number of nitrogens with zero attached hydrogens (tertiary/aromatic N) is 1. The quantitative estimate of drug-likeness (QED) is 0.563. The first-order valence-corrected chi connectivity index (χ1v) is 11.5. The van der Waals surface area contributed by atoms with Gasteiger partial charge in [0.2, 0.25) is 5.91 Å². The Balaban J connectivity index is 2.03. The summed E-state index contributed by atoms with van der Waals surface area (Å²) in [5.41, 5.74) is 2.75. The Labute approximate surface area is 185 Å². The molecule has 0 radical (unpaired) electrons. The van der Waals surface area contributed by atoms with Gasteiger partial charge >= 0.3 is 0 Å². The second kappa shape index (κ2) is 9.86. The maximum Gasteiger partial charge on any atom is 0.221 e. The molecule has 0 spiro atoms. The van der Waals surface area contributed by atoms with E-state index in [1.54, 1.807) is 24.2 Å². The average molecular weight is 429 g/mol. The predicted molar refractivity (Wildman–Crippen MR) is 126 cm³/mol. The van der Waals surface area contributed by atoms with Crippen LogP contribution in [-0.4, -0.2) is 27.8 Å². The number of carbonyl (C=O) groups is 1. The van der Waals surface area contributed by atoms with Crippen molar-refractivity contribution in [2.24, 2.45) is 0 Å². The summed E-state index contributed by atoms with van der Waals surface area (Å²) in [7, 11) is 0. The molecule has 2 rings (SSSR count). The first-order valence-electron chi connectivity index (χ1n) is 10.6. The van der Waals surface area contributed by atoms with Crippen molar-refractivity contribution in [1.29, 1.82) is 0 Å². The molecule has 1 heterocycles. The molecule has 1 amide bonds. The lowest BCUT2D eigenvalue weighted by atomic mass is 9.79. The van der Waals surface area contributed by atoms with E-state index < -0.39 is 0 Å². The number of phenolic OH excluding ortho intramolecular Hbond substituents is 1. The van der Waals surface area contributed by atoms with Crippen LogP contribution in [0.15, 0.2) is 41.6 Å². The van der Waals surface area contributed by atoms with E-state index >= 15 is 0 Å². The Hall–Kier alpha value is -2.01. The maximum atomic E-state index is 12.4. The molecule has 2 N–H and O–H groups in total. The van der Waals surface area contributed by atoms with Crippen LogP contribution in [0.1, 0.15) is 71.6 Å². The van der Waals surface area contributed by atoms with Gasteiger partial charge in [-0.25, -0.2) is 0 Å². The molecular weight excluding hydrogens is 392 g/mol. The van der Waals surface area contributed by atoms with E-state index in [1.807, 2.05) is 12.1 Å². The molecule has 0 fully saturated rings. The van der Waals surface area contributed by atoms with Crippen molar-refractivity contribution < 1.29 is 9.90 Å². The average Bonchev–Trinajstić information content (AvgIpc) is 2.62. The summed E-state index contributed by atoms with van der Waals surface area (Å²) >= 11 is 1.69. The van der Waals surface area contributed by atoms with Gasteiger partial charge in [-0.3, -0.25) is 9.78 Å². The van der Waals surface area contributed by atoms with Crippen LogP contribution in [0.4, 0.5) is 0 Å². The Kier molecular flexibility index (Phi) is 7.98. The number of nitrogens with one attached hydrogen (secondary N) is 1. The van der Waals surface area contributed by atoms with Crippen molar-refractivity contribution in [2.45, 2.75) is 82.3 Å². The van der Waals surface area contributed by atoms with Crippen molar-refractivity contribution in [3.8, 4) is 5.75 Å². The minimum absolute atomic E-state index is 0.0647. The molecule has 4 nitrogen and oxygen atoms in total. The summed E-state index contributed by atoms with van der Waals surface area (Å²) in [6, 6.07) is 8.09. The van der Waals surface area contributed by atoms with E-state index in [2.05, 4.69) is 70.9 Å². The van der Waals surface area contributed by atoms with E-state index in [1.165, 1.54) is 5.56 Å². The van der Waals surface area contributed by atoms with Gasteiger partial charge in [-0.1, -0.05) is 48.5 Å². The zero-order valence-electron chi connectivity index (χ0n) is 19.4. The first-order chi connectivity index (χ1) is 13.9. The SMILES string of the molecule is CC(CC(=O)NCCc1ccncc1)Sc1cc(C(C)(C)C)c(O)c(C(C)(C)C)c1. The van der Waals surface area contributed by atoms with Crippen LogP contribution in [-0.2, 0) is 22.0 Å². The highest BCUT2D eigenvalue weighted by Crippen LogP contribution is 2.42. The molecule has 164 valence electrons. The Bertz CT molecular complexity index is 817. The van der Waals surface area contributed by atoms with Crippen LogP contribution < -0.4 is 5.32 Å². The maximum absolute atomic E-state index is 12.4. The summed E-state index contributed by atoms with van der Waals surface area (Å²) in [6.07, 6.45) is 4.80. The third-order valence-electron chi connectivity index (χ3n) is 4.99. The molecule has 0 saturated heterocycles. The van der Waals surface area contributed by atoms with Crippen molar-refractivity contribution in [3.05, 3.63) is 53.3 Å². The van der Waals surface area contributed by atoms with Gasteiger partial charge in [-0.05, 0) is 47.1 Å². The molecular formula is C25H36N2O2S. The van der Waals surface area contributed by atoms with E-state index in [4.69, 9.17) is 0 Å². The summed E-state index contributed by atoms with van der Waals surface area (Å²) in [6.45, 7) is 15.4. The van der Waals surface area contributed by atoms with Crippen LogP contribution >= 0.6 is 11.8 Å². The highest BCUT2D eigenvalue weighted by Gasteiger charge is 2.27. The van der Waals surface area contributed by atoms with E-state index in [9.17, 15) is 9.90 Å². The van der Waals surface area contributed by atoms with Gasteiger partial charge in [0, 0.05) is 46.6 Å². The Morgan fingerprint density at radius 2 is 1.60 bits per heavy atom. The number of benzene rings is 1. The molecule has 0 aliphatic carbocycles. The number of aromatic hydroxyl groups is 1. The molecule has 1 aromatic carbocycles. The predicted octanol–water partition coefficient (Wildman–Crippen LogP) is 5.61. The van der Waals surface area contributed by atoms with Crippen LogP contribution in [0, 0.1) is 0 Å². The summed E-state index contributed by atoms with van der Waals surface area (Å²) in [4.78, 5) is 17.5. The minimum Gasteiger partial charge on any atom is -0.507 e. The third-order valence-corrected chi connectivity index (χ3v) is 6.07. The summed E-state index contributed by atoms with van der Waals surface area (Å²) < 4.78 is 0. The lowest BCUT2D eigenvalue weighted by molar-refractivity contribution is -0.120. The number of hydrogen-bond donors (Lipinski definition) is 2. The number of carbonyl (C=O) groups excluding carboxylic acids is 1. The smallest absolute Gasteiger partial charge is 0.221 e. The van der Waals surface area contributed by atoms with E-state index in [0.29, 0.717) is 18.7 Å². The Morgan fingerprint density at radius 3 is 2.10 bits per heavy atom. The second-order valence-corrected chi connectivity index (χ2v) is 11.5. The van der Waals surface area contributed by atoms with Gasteiger partial charge < -0.3 is 10.4 Å². The molecule has 0 aliphatic rings. The van der Waals surface area contributed by atoms with Gasteiger partial charge in [-0.2, -0.15) is 0 Å². The van der Waals surface area contributed by atoms with Gasteiger partial charge in [0.05, 0.1) is 0 Å². The van der Waals surface area contributed by atoms with E-state index in [0.717, 1.165) is 22.4 Å². The van der Waals surface area contributed by atoms with Gasteiger partial charge in [0.1, 0.15) is 5.75 Å². The van der Waals surface area contributed by atoms with Crippen LogP contribution in [0.2, 0.25) is 0 Å². The highest BCUT2D eigenvalue weighted by molar-refractivity contribution is 8.00. The second-order valence-electron chi connectivity index (χ2n) is 9.96. The molecule has 0 saturated carbocycles. The van der Waals surface area contributed by atoms with Crippen LogP contribution in [0.5, 0.6) is 5.75 Å². The summed E-state index contributed by atoms with van der Waals surface area (Å²) in [5, 5.41) is 14.0. The fourth-order valence-corrected chi connectivity index (χ4v) is 4.39. The molecule has 0 bridgehead atoms. The van der Waals surface area contributed by atoms with Crippen molar-refractivity contribution >= 4 is 17.7 Å². The fourth-order valence-electron chi connectivity index (χ4n) is 3.32. The summed E-state index contributed by atoms with van der Waals surface area (Å²) in [5.74, 6) is 0.454. The minimum atomic E-state index is -0.159. The molecule has 1 aromatic heterocycles. The number of rotatable bonds is 7. The third kappa shape index (κ3) is 7.05.